The molecule has 0 amide bonds. The van der Waals surface area contributed by atoms with E-state index in [1.54, 1.807) is 0 Å². The maximum Gasteiger partial charge on any atom is 0.201 e. The van der Waals surface area contributed by atoms with E-state index in [2.05, 4.69) is 222 Å². The topological polar surface area (TPSA) is 34.2 Å². The molecule has 59 heavy (non-hydrogen) atoms. The lowest BCUT2D eigenvalue weighted by Crippen LogP contribution is -2.29. The summed E-state index contributed by atoms with van der Waals surface area (Å²) in [4.78, 5) is 5.52. The zero-order chi connectivity index (χ0) is 39.2. The van der Waals surface area contributed by atoms with Crippen LogP contribution >= 0.6 is 0 Å². The maximum atomic E-state index is 5.52. The SMILES string of the molecule is CC1(C)c2ccccc2-c2ccc(C3=CC(c4ccccc4)=NC(n4c5ccccc5c5cc6c(cc54)c4ccccc4n6-c4cccc(-c5ccccc5)c4)N3)cc21. The second kappa shape index (κ2) is 12.8. The molecule has 1 atom stereocenters. The molecule has 0 radical (unpaired) electrons. The summed E-state index contributed by atoms with van der Waals surface area (Å²) in [7, 11) is 0. The normalized spacial score (nSPS) is 15.6. The molecule has 1 aliphatic heterocycles. The molecule has 10 aromatic rings. The summed E-state index contributed by atoms with van der Waals surface area (Å²) in [6.07, 6.45) is 1.82. The number of aromatic nitrogens is 2. The van der Waals surface area contributed by atoms with Crippen molar-refractivity contribution >= 4 is 55.0 Å². The molecular weight excluding hydrogens is 717 g/mol. The first-order valence-corrected chi connectivity index (χ1v) is 20.5. The lowest BCUT2D eigenvalue weighted by molar-refractivity contribution is 0.508. The Balaban J connectivity index is 1.06. The molecule has 1 aliphatic carbocycles. The maximum absolute atomic E-state index is 5.52. The number of fused-ring (bicyclic) bond motifs is 9. The molecule has 8 aromatic carbocycles. The summed E-state index contributed by atoms with van der Waals surface area (Å²) in [5.74, 6) is 0. The van der Waals surface area contributed by atoms with E-state index < -0.39 is 6.29 Å². The molecule has 4 heteroatoms. The highest BCUT2D eigenvalue weighted by Crippen LogP contribution is 2.49. The van der Waals surface area contributed by atoms with Crippen LogP contribution in [-0.4, -0.2) is 14.8 Å². The van der Waals surface area contributed by atoms with Crippen LogP contribution in [0, 0.1) is 0 Å². The van der Waals surface area contributed by atoms with Crippen LogP contribution in [0.4, 0.5) is 0 Å². The van der Waals surface area contributed by atoms with Gasteiger partial charge in [0.1, 0.15) is 0 Å². The molecule has 12 rings (SSSR count). The Kier molecular flexibility index (Phi) is 7.30. The fourth-order valence-electron chi connectivity index (χ4n) is 9.90. The number of para-hydroxylation sites is 2. The summed E-state index contributed by atoms with van der Waals surface area (Å²) < 4.78 is 4.84. The Morgan fingerprint density at radius 1 is 0.458 bits per heavy atom. The molecular formula is C55H40N4. The minimum absolute atomic E-state index is 0.104. The predicted octanol–water partition coefficient (Wildman–Crippen LogP) is 13.5. The van der Waals surface area contributed by atoms with Crippen molar-refractivity contribution in [2.45, 2.75) is 25.6 Å². The van der Waals surface area contributed by atoms with Crippen molar-refractivity contribution in [1.82, 2.24) is 14.5 Å². The van der Waals surface area contributed by atoms with Crippen molar-refractivity contribution in [2.24, 2.45) is 4.99 Å². The van der Waals surface area contributed by atoms with Gasteiger partial charge in [0.25, 0.3) is 0 Å². The number of hydrogen-bond donors (Lipinski definition) is 1. The Hall–Kier alpha value is -7.43. The number of benzene rings is 8. The molecule has 0 saturated carbocycles. The molecule has 280 valence electrons. The van der Waals surface area contributed by atoms with E-state index >= 15 is 0 Å². The Morgan fingerprint density at radius 2 is 1.08 bits per heavy atom. The number of rotatable bonds is 5. The average Bonchev–Trinajstić information content (AvgIpc) is 3.88. The van der Waals surface area contributed by atoms with Crippen LogP contribution in [0.3, 0.4) is 0 Å². The molecule has 2 aromatic heterocycles. The first-order valence-electron chi connectivity index (χ1n) is 20.5. The lowest BCUT2D eigenvalue weighted by Gasteiger charge is -2.28. The van der Waals surface area contributed by atoms with E-state index in [1.165, 1.54) is 66.0 Å². The van der Waals surface area contributed by atoms with Gasteiger partial charge in [0, 0.05) is 38.3 Å². The van der Waals surface area contributed by atoms with Crippen molar-refractivity contribution in [1.29, 1.82) is 0 Å². The highest BCUT2D eigenvalue weighted by molar-refractivity contribution is 6.19. The van der Waals surface area contributed by atoms with Crippen LogP contribution in [0.1, 0.15) is 42.4 Å². The van der Waals surface area contributed by atoms with Crippen LogP contribution in [-0.2, 0) is 5.41 Å². The average molecular weight is 757 g/mol. The van der Waals surface area contributed by atoms with Gasteiger partial charge in [-0.1, -0.05) is 159 Å². The van der Waals surface area contributed by atoms with Gasteiger partial charge in [-0.05, 0) is 93.0 Å². The second-order valence-corrected chi connectivity index (χ2v) is 16.4. The highest BCUT2D eigenvalue weighted by Gasteiger charge is 2.36. The van der Waals surface area contributed by atoms with Gasteiger partial charge in [0.2, 0.25) is 6.29 Å². The first-order chi connectivity index (χ1) is 29.0. The molecule has 1 unspecified atom stereocenters. The largest absolute Gasteiger partial charge is 0.346 e. The lowest BCUT2D eigenvalue weighted by atomic mass is 9.82. The van der Waals surface area contributed by atoms with Gasteiger partial charge in [-0.15, -0.1) is 0 Å². The minimum Gasteiger partial charge on any atom is -0.346 e. The molecule has 4 nitrogen and oxygen atoms in total. The molecule has 0 spiro atoms. The van der Waals surface area contributed by atoms with Crippen molar-refractivity contribution in [3.8, 4) is 27.9 Å². The first kappa shape index (κ1) is 33.7. The van der Waals surface area contributed by atoms with Crippen LogP contribution < -0.4 is 5.32 Å². The van der Waals surface area contributed by atoms with E-state index in [9.17, 15) is 0 Å². The van der Waals surface area contributed by atoms with Crippen molar-refractivity contribution in [3.63, 3.8) is 0 Å². The number of allylic oxidation sites excluding steroid dienone is 1. The fourth-order valence-corrected chi connectivity index (χ4v) is 9.90. The monoisotopic (exact) mass is 756 g/mol. The van der Waals surface area contributed by atoms with Crippen LogP contribution in [0.2, 0.25) is 0 Å². The van der Waals surface area contributed by atoms with Gasteiger partial charge in [0.15, 0.2) is 0 Å². The van der Waals surface area contributed by atoms with Gasteiger partial charge in [-0.2, -0.15) is 0 Å². The third kappa shape index (κ3) is 5.12. The minimum atomic E-state index is -0.403. The zero-order valence-electron chi connectivity index (χ0n) is 32.9. The van der Waals surface area contributed by atoms with Crippen LogP contribution in [0.5, 0.6) is 0 Å². The van der Waals surface area contributed by atoms with E-state index in [-0.39, 0.29) is 5.41 Å². The van der Waals surface area contributed by atoms with Crippen LogP contribution in [0.15, 0.2) is 199 Å². The standard InChI is InChI=1S/C55H40N4/c1-55(2)46-25-12-9-22-40(46)41-29-28-38(31-47(41)55)49-34-48(36-18-7-4-8-19-36)56-54(57-49)59-51-27-14-11-24-43(51)45-32-52-44(33-53(45)59)42-23-10-13-26-50(42)58(52)39-21-15-20-37(30-39)35-16-5-3-6-17-35/h3-34,54,57H,1-2H3. The van der Waals surface area contributed by atoms with Crippen molar-refractivity contribution in [2.75, 3.05) is 0 Å². The van der Waals surface area contributed by atoms with E-state index in [0.717, 1.165) is 39.3 Å². The third-order valence-electron chi connectivity index (χ3n) is 12.8. The highest BCUT2D eigenvalue weighted by atomic mass is 15.3. The van der Waals surface area contributed by atoms with E-state index in [0.29, 0.717) is 0 Å². The summed E-state index contributed by atoms with van der Waals surface area (Å²) >= 11 is 0. The van der Waals surface area contributed by atoms with Gasteiger partial charge in [0.05, 0.1) is 27.8 Å². The zero-order valence-corrected chi connectivity index (χ0v) is 32.9. The molecule has 2 aliphatic rings. The Bertz CT molecular complexity index is 3380. The smallest absolute Gasteiger partial charge is 0.201 e. The van der Waals surface area contributed by atoms with Crippen LogP contribution in [0.25, 0.3) is 77.2 Å². The van der Waals surface area contributed by atoms with E-state index in [4.69, 9.17) is 4.99 Å². The molecule has 0 saturated heterocycles. The summed E-state index contributed by atoms with van der Waals surface area (Å²) in [5.41, 5.74) is 17.7. The molecule has 0 bridgehead atoms. The summed E-state index contributed by atoms with van der Waals surface area (Å²) in [5, 5.41) is 8.79. The quantitative estimate of drug-likeness (QED) is 0.186. The van der Waals surface area contributed by atoms with Gasteiger partial charge in [-0.25, -0.2) is 4.99 Å². The Morgan fingerprint density at radius 3 is 1.90 bits per heavy atom. The second-order valence-electron chi connectivity index (χ2n) is 16.4. The van der Waals surface area contributed by atoms with Gasteiger partial charge in [-0.3, -0.25) is 0 Å². The molecule has 3 heterocycles. The van der Waals surface area contributed by atoms with E-state index in [1.807, 2.05) is 0 Å². The van der Waals surface area contributed by atoms with Gasteiger partial charge >= 0.3 is 0 Å². The van der Waals surface area contributed by atoms with Crippen molar-refractivity contribution < 1.29 is 0 Å². The Labute approximate surface area is 343 Å². The van der Waals surface area contributed by atoms with Crippen molar-refractivity contribution in [3.05, 3.63) is 216 Å². The molecule has 1 N–H and O–H groups in total. The fraction of sp³-hybridized carbons (Fsp3) is 0.0727. The summed E-state index contributed by atoms with van der Waals surface area (Å²) in [6.45, 7) is 4.69. The number of hydrogen-bond acceptors (Lipinski definition) is 2. The third-order valence-corrected chi connectivity index (χ3v) is 12.8. The number of nitrogens with one attached hydrogen (secondary N) is 1. The predicted molar refractivity (Wildman–Crippen MR) is 246 cm³/mol. The number of nitrogens with zero attached hydrogens (tertiary/aromatic N) is 3. The number of aliphatic imine (C=N–C) groups is 1. The van der Waals surface area contributed by atoms with Gasteiger partial charge < -0.3 is 14.5 Å². The molecule has 0 fully saturated rings. The summed E-state index contributed by atoms with van der Waals surface area (Å²) in [6, 6.07) is 68.4.